The summed E-state index contributed by atoms with van der Waals surface area (Å²) in [5, 5.41) is 0. The van der Waals surface area contributed by atoms with Crippen LogP contribution in [0.1, 0.15) is 31.2 Å². The van der Waals surface area contributed by atoms with Crippen molar-refractivity contribution in [1.29, 1.82) is 0 Å². The number of benzene rings is 1. The van der Waals surface area contributed by atoms with E-state index in [1.54, 1.807) is 0 Å². The summed E-state index contributed by atoms with van der Waals surface area (Å²) in [6, 6.07) is 8.20. The van der Waals surface area contributed by atoms with Gasteiger partial charge in [0.15, 0.2) is 0 Å². The van der Waals surface area contributed by atoms with Crippen LogP contribution in [0.15, 0.2) is 29.8 Å². The first-order chi connectivity index (χ1) is 7.40. The lowest BCUT2D eigenvalue weighted by atomic mass is 10.0. The van der Waals surface area contributed by atoms with Crippen LogP contribution in [0.25, 0.3) is 6.08 Å². The molecule has 1 aromatic carbocycles. The average molecular weight is 201 g/mol. The van der Waals surface area contributed by atoms with E-state index in [-0.39, 0.29) is 0 Å². The summed E-state index contributed by atoms with van der Waals surface area (Å²) in [6.45, 7) is 4.61. The van der Waals surface area contributed by atoms with E-state index in [0.29, 0.717) is 0 Å². The third-order valence-electron chi connectivity index (χ3n) is 2.69. The first kappa shape index (κ1) is 10.3. The molecule has 0 unspecified atom stereocenters. The van der Waals surface area contributed by atoms with E-state index in [1.807, 2.05) is 12.1 Å². The Bertz CT molecular complexity index is 352. The number of rotatable bonds is 4. The van der Waals surface area contributed by atoms with Crippen molar-refractivity contribution in [3.8, 4) is 5.75 Å². The SMILES string of the molecule is [CH2]CCCCC1=Cc2ccccc2OC1. The molecule has 0 saturated carbocycles. The van der Waals surface area contributed by atoms with Crippen molar-refractivity contribution in [2.45, 2.75) is 25.7 Å². The van der Waals surface area contributed by atoms with Crippen molar-refractivity contribution in [3.05, 3.63) is 42.3 Å². The maximum atomic E-state index is 5.68. The molecule has 1 aliphatic rings. The van der Waals surface area contributed by atoms with Crippen LogP contribution in [-0.4, -0.2) is 6.61 Å². The van der Waals surface area contributed by atoms with Gasteiger partial charge in [-0.15, -0.1) is 0 Å². The summed E-state index contributed by atoms with van der Waals surface area (Å²) in [6.07, 6.45) is 6.87. The van der Waals surface area contributed by atoms with Gasteiger partial charge in [0.1, 0.15) is 12.4 Å². The molecule has 0 amide bonds. The average Bonchev–Trinajstić information content (AvgIpc) is 2.29. The topological polar surface area (TPSA) is 9.23 Å². The number of para-hydroxylation sites is 1. The minimum atomic E-state index is 0.758. The molecular formula is C14H17O. The summed E-state index contributed by atoms with van der Waals surface area (Å²) in [4.78, 5) is 0. The Labute approximate surface area is 91.8 Å². The Balaban J connectivity index is 2.02. The predicted molar refractivity (Wildman–Crippen MR) is 63.7 cm³/mol. The molecule has 0 aromatic heterocycles. The van der Waals surface area contributed by atoms with Crippen LogP contribution >= 0.6 is 0 Å². The number of unbranched alkanes of at least 4 members (excludes halogenated alkanes) is 2. The second-order valence-corrected chi connectivity index (χ2v) is 3.94. The standard InChI is InChI=1S/C14H17O/c1-2-3-4-7-12-10-13-8-5-6-9-14(13)15-11-12/h5-6,8-10H,1-4,7,11H2. The lowest BCUT2D eigenvalue weighted by Gasteiger charge is -2.17. The quantitative estimate of drug-likeness (QED) is 0.672. The van der Waals surface area contributed by atoms with Crippen LogP contribution in [-0.2, 0) is 0 Å². The van der Waals surface area contributed by atoms with Crippen molar-refractivity contribution in [1.82, 2.24) is 0 Å². The monoisotopic (exact) mass is 201 g/mol. The zero-order valence-electron chi connectivity index (χ0n) is 9.04. The molecule has 0 bridgehead atoms. The Hall–Kier alpha value is -1.24. The van der Waals surface area contributed by atoms with Crippen LogP contribution < -0.4 is 4.74 Å². The van der Waals surface area contributed by atoms with E-state index in [1.165, 1.54) is 24.0 Å². The molecular weight excluding hydrogens is 184 g/mol. The lowest BCUT2D eigenvalue weighted by molar-refractivity contribution is 0.341. The molecule has 1 radical (unpaired) electrons. The van der Waals surface area contributed by atoms with Crippen molar-refractivity contribution in [3.63, 3.8) is 0 Å². The van der Waals surface area contributed by atoms with Gasteiger partial charge in [0, 0.05) is 5.56 Å². The van der Waals surface area contributed by atoms with Gasteiger partial charge in [0.2, 0.25) is 0 Å². The normalized spacial score (nSPS) is 14.1. The molecule has 0 fully saturated rings. The molecule has 0 aliphatic carbocycles. The summed E-state index contributed by atoms with van der Waals surface area (Å²) < 4.78 is 5.68. The molecule has 2 rings (SSSR count). The third kappa shape index (κ3) is 2.62. The van der Waals surface area contributed by atoms with Gasteiger partial charge >= 0.3 is 0 Å². The van der Waals surface area contributed by atoms with Crippen molar-refractivity contribution in [2.24, 2.45) is 0 Å². The highest BCUT2D eigenvalue weighted by Gasteiger charge is 2.09. The Morgan fingerprint density at radius 2 is 2.07 bits per heavy atom. The molecule has 1 aromatic rings. The fourth-order valence-electron chi connectivity index (χ4n) is 1.84. The summed E-state index contributed by atoms with van der Waals surface area (Å²) >= 11 is 0. The van der Waals surface area contributed by atoms with E-state index in [0.717, 1.165) is 25.2 Å². The molecule has 0 atom stereocenters. The van der Waals surface area contributed by atoms with Crippen LogP contribution in [0.4, 0.5) is 0 Å². The van der Waals surface area contributed by atoms with Crippen molar-refractivity contribution < 1.29 is 4.74 Å². The lowest BCUT2D eigenvalue weighted by Crippen LogP contribution is -2.07. The second-order valence-electron chi connectivity index (χ2n) is 3.94. The molecule has 1 aliphatic heterocycles. The molecule has 0 spiro atoms. The fourth-order valence-corrected chi connectivity index (χ4v) is 1.84. The summed E-state index contributed by atoms with van der Waals surface area (Å²) in [5.74, 6) is 1.01. The highest BCUT2D eigenvalue weighted by atomic mass is 16.5. The molecule has 1 nitrogen and oxygen atoms in total. The number of ether oxygens (including phenoxy) is 1. The van der Waals surface area contributed by atoms with Crippen LogP contribution in [0.5, 0.6) is 5.75 Å². The van der Waals surface area contributed by atoms with Crippen LogP contribution in [0.3, 0.4) is 0 Å². The van der Waals surface area contributed by atoms with Gasteiger partial charge in [-0.2, -0.15) is 0 Å². The van der Waals surface area contributed by atoms with E-state index in [2.05, 4.69) is 25.1 Å². The van der Waals surface area contributed by atoms with Crippen LogP contribution in [0.2, 0.25) is 0 Å². The Morgan fingerprint density at radius 1 is 1.20 bits per heavy atom. The van der Waals surface area contributed by atoms with E-state index in [4.69, 9.17) is 4.74 Å². The maximum Gasteiger partial charge on any atom is 0.127 e. The van der Waals surface area contributed by atoms with Crippen molar-refractivity contribution in [2.75, 3.05) is 6.61 Å². The number of hydrogen-bond donors (Lipinski definition) is 0. The van der Waals surface area contributed by atoms with E-state index < -0.39 is 0 Å². The van der Waals surface area contributed by atoms with E-state index in [9.17, 15) is 0 Å². The van der Waals surface area contributed by atoms with Gasteiger partial charge in [-0.25, -0.2) is 0 Å². The maximum absolute atomic E-state index is 5.68. The number of fused-ring (bicyclic) bond motifs is 1. The molecule has 0 saturated heterocycles. The molecule has 79 valence electrons. The third-order valence-corrected chi connectivity index (χ3v) is 2.69. The molecule has 1 heterocycles. The predicted octanol–water partition coefficient (Wildman–Crippen LogP) is 3.86. The molecule has 0 N–H and O–H groups in total. The van der Waals surface area contributed by atoms with Gasteiger partial charge in [0.25, 0.3) is 0 Å². The summed E-state index contributed by atoms with van der Waals surface area (Å²) in [7, 11) is 0. The highest BCUT2D eigenvalue weighted by molar-refractivity contribution is 5.61. The zero-order chi connectivity index (χ0) is 10.5. The van der Waals surface area contributed by atoms with Crippen molar-refractivity contribution >= 4 is 6.08 Å². The number of hydrogen-bond acceptors (Lipinski definition) is 1. The smallest absolute Gasteiger partial charge is 0.127 e. The largest absolute Gasteiger partial charge is 0.489 e. The second kappa shape index (κ2) is 5.01. The minimum absolute atomic E-state index is 0.758. The fraction of sp³-hybridized carbons (Fsp3) is 0.357. The first-order valence-electron chi connectivity index (χ1n) is 5.60. The van der Waals surface area contributed by atoms with Gasteiger partial charge < -0.3 is 4.74 Å². The Kier molecular flexibility index (Phi) is 3.44. The summed E-state index contributed by atoms with van der Waals surface area (Å²) in [5.41, 5.74) is 2.62. The van der Waals surface area contributed by atoms with Crippen LogP contribution in [0, 0.1) is 6.92 Å². The highest BCUT2D eigenvalue weighted by Crippen LogP contribution is 2.27. The van der Waals surface area contributed by atoms with Gasteiger partial charge in [0.05, 0.1) is 0 Å². The van der Waals surface area contributed by atoms with E-state index >= 15 is 0 Å². The van der Waals surface area contributed by atoms with Gasteiger partial charge in [-0.3, -0.25) is 0 Å². The molecule has 15 heavy (non-hydrogen) atoms. The van der Waals surface area contributed by atoms with Gasteiger partial charge in [-0.05, 0) is 30.6 Å². The molecule has 1 heteroatoms. The van der Waals surface area contributed by atoms with Gasteiger partial charge in [-0.1, -0.05) is 38.0 Å². The zero-order valence-corrected chi connectivity index (χ0v) is 9.04. The first-order valence-corrected chi connectivity index (χ1v) is 5.60. The minimum Gasteiger partial charge on any atom is -0.489 e. The Morgan fingerprint density at radius 3 is 2.93 bits per heavy atom.